The topological polar surface area (TPSA) is 74.6 Å². The van der Waals surface area contributed by atoms with E-state index in [0.29, 0.717) is 12.8 Å². The molecule has 0 rings (SSSR count). The molecule has 0 fully saturated rings. The molecule has 4 heteroatoms. The summed E-state index contributed by atoms with van der Waals surface area (Å²) in [4.78, 5) is 20.9. The van der Waals surface area contributed by atoms with Crippen molar-refractivity contribution in [1.82, 2.24) is 0 Å². The van der Waals surface area contributed by atoms with Crippen molar-refractivity contribution in [2.24, 2.45) is 0 Å². The predicted octanol–water partition coefficient (Wildman–Crippen LogP) is 22.5. The summed E-state index contributed by atoms with van der Waals surface area (Å²) >= 11 is 0. The molecule has 0 aromatic rings. The molecule has 0 spiro atoms. The summed E-state index contributed by atoms with van der Waals surface area (Å²) in [6.45, 7) is 4.33. The van der Waals surface area contributed by atoms with Gasteiger partial charge in [-0.15, -0.1) is 0 Å². The van der Waals surface area contributed by atoms with Crippen molar-refractivity contribution in [3.8, 4) is 0 Å². The Morgan fingerprint density at radius 3 is 0.556 bits per heavy atom. The third kappa shape index (κ3) is 72.4. The molecule has 2 N–H and O–H groups in total. The zero-order chi connectivity index (χ0) is 52.4. The number of hydrogen-bond acceptors (Lipinski definition) is 2. The van der Waals surface area contributed by atoms with Gasteiger partial charge in [-0.1, -0.05) is 288 Å². The molecule has 0 aromatic heterocycles. The van der Waals surface area contributed by atoms with Crippen LogP contribution in [-0.4, -0.2) is 22.2 Å². The molecule has 0 atom stereocenters. The maximum Gasteiger partial charge on any atom is 0.303 e. The van der Waals surface area contributed by atoms with Crippen LogP contribution in [0.4, 0.5) is 0 Å². The maximum atomic E-state index is 10.5. The third-order valence-electron chi connectivity index (χ3n) is 12.2. The second-order valence-corrected chi connectivity index (χ2v) is 19.2. The van der Waals surface area contributed by atoms with Crippen molar-refractivity contribution < 1.29 is 19.8 Å². The van der Waals surface area contributed by atoms with Crippen LogP contribution in [0.3, 0.4) is 0 Å². The Hall–Kier alpha value is -4.18. The van der Waals surface area contributed by atoms with E-state index in [1.165, 1.54) is 141 Å². The highest BCUT2D eigenvalue weighted by Gasteiger charge is 1.99. The lowest BCUT2D eigenvalue weighted by molar-refractivity contribution is -0.138. The van der Waals surface area contributed by atoms with Gasteiger partial charge in [0.25, 0.3) is 0 Å². The number of hydrogen-bond donors (Lipinski definition) is 2. The van der Waals surface area contributed by atoms with E-state index in [4.69, 9.17) is 10.2 Å². The Morgan fingerprint density at radius 1 is 0.222 bits per heavy atom. The Bertz CT molecular complexity index is 1380. The van der Waals surface area contributed by atoms with Crippen LogP contribution in [0.2, 0.25) is 0 Å². The smallest absolute Gasteiger partial charge is 0.303 e. The van der Waals surface area contributed by atoms with Gasteiger partial charge in [0, 0.05) is 12.8 Å². The number of aliphatic carboxylic acids is 2. The Labute approximate surface area is 446 Å². The van der Waals surface area contributed by atoms with Crippen LogP contribution in [0.15, 0.2) is 146 Å². The van der Waals surface area contributed by atoms with Crippen LogP contribution in [0, 0.1) is 0 Å². The summed E-state index contributed by atoms with van der Waals surface area (Å²) in [6, 6.07) is 0. The third-order valence-corrected chi connectivity index (χ3v) is 12.2. The van der Waals surface area contributed by atoms with Gasteiger partial charge in [0.05, 0.1) is 0 Å². The van der Waals surface area contributed by atoms with Crippen LogP contribution in [-0.2, 0) is 9.59 Å². The second-order valence-electron chi connectivity index (χ2n) is 19.2. The van der Waals surface area contributed by atoms with Crippen molar-refractivity contribution in [2.45, 2.75) is 271 Å². The molecule has 0 heterocycles. The normalized spacial score (nSPS) is 12.7. The van der Waals surface area contributed by atoms with Gasteiger partial charge in [-0.05, 0) is 116 Å². The number of carbonyl (C=O) groups is 2. The molecule has 408 valence electrons. The van der Waals surface area contributed by atoms with Crippen LogP contribution < -0.4 is 0 Å². The first-order valence-corrected chi connectivity index (χ1v) is 29.8. The first-order chi connectivity index (χ1) is 35.5. The number of carboxylic acids is 2. The zero-order valence-electron chi connectivity index (χ0n) is 46.9. The van der Waals surface area contributed by atoms with Crippen molar-refractivity contribution in [3.63, 3.8) is 0 Å². The lowest BCUT2D eigenvalue weighted by atomic mass is 10.0. The standard InChI is InChI=1S/2C34H56O2/c2*1-2-3-4-5-6-7-8-9-10-11-12-13-14-15-16-17-18-19-20-21-22-23-24-25-26-27-28-29-30-31-32-33-34(35)36/h2*3-4,6-7,9-10,12-13,15-16,18-19H,2,5,8,11,14,17,20-33H2,1H3,(H,35,36)/b2*4-3-,7-6-,10-9-,13-12-,16-15-,19-18-. The fraction of sp³-hybridized carbons (Fsp3) is 0.618. The quantitative estimate of drug-likeness (QED) is 0.0470. The first-order valence-electron chi connectivity index (χ1n) is 29.8. The van der Waals surface area contributed by atoms with E-state index in [1.807, 2.05) is 0 Å². The van der Waals surface area contributed by atoms with E-state index in [-0.39, 0.29) is 0 Å². The highest BCUT2D eigenvalue weighted by atomic mass is 16.4. The highest BCUT2D eigenvalue weighted by Crippen LogP contribution is 2.15. The van der Waals surface area contributed by atoms with Crippen LogP contribution >= 0.6 is 0 Å². The average molecular weight is 994 g/mol. The number of allylic oxidation sites excluding steroid dienone is 24. The van der Waals surface area contributed by atoms with Gasteiger partial charge in [-0.2, -0.15) is 0 Å². The molecular weight excluding hydrogens is 881 g/mol. The summed E-state index contributed by atoms with van der Waals surface area (Å²) < 4.78 is 0. The molecule has 0 bridgehead atoms. The van der Waals surface area contributed by atoms with E-state index in [1.54, 1.807) is 0 Å². The van der Waals surface area contributed by atoms with Gasteiger partial charge in [-0.25, -0.2) is 0 Å². The van der Waals surface area contributed by atoms with Gasteiger partial charge in [0.2, 0.25) is 0 Å². The van der Waals surface area contributed by atoms with Gasteiger partial charge in [0.1, 0.15) is 0 Å². The minimum atomic E-state index is -0.660. The minimum Gasteiger partial charge on any atom is -0.481 e. The monoisotopic (exact) mass is 993 g/mol. The molecule has 0 saturated heterocycles. The molecule has 72 heavy (non-hydrogen) atoms. The lowest BCUT2D eigenvalue weighted by Gasteiger charge is -2.02. The largest absolute Gasteiger partial charge is 0.481 e. The minimum absolute atomic E-state index is 0.333. The average Bonchev–Trinajstić information content (AvgIpc) is 3.37. The summed E-state index contributed by atoms with van der Waals surface area (Å²) in [6.07, 6.45) is 100. The van der Waals surface area contributed by atoms with E-state index in [2.05, 4.69) is 160 Å². The molecule has 0 aliphatic carbocycles. The van der Waals surface area contributed by atoms with E-state index < -0.39 is 11.9 Å². The fourth-order valence-electron chi connectivity index (χ4n) is 7.89. The van der Waals surface area contributed by atoms with Gasteiger partial charge >= 0.3 is 11.9 Å². The molecule has 0 unspecified atom stereocenters. The molecule has 4 nitrogen and oxygen atoms in total. The molecule has 0 amide bonds. The van der Waals surface area contributed by atoms with E-state index in [9.17, 15) is 9.59 Å². The molecular formula is C68H112O4. The number of rotatable bonds is 52. The SMILES string of the molecule is CC/C=C\C/C=C\C/C=C\C/C=C\C/C=C\C/C=C\CCCCCCCCCCCCCCC(=O)O.CC/C=C\C/C=C\C/C=C\C/C=C\C/C=C\C/C=C\CCCCCCCCCCCCCCC(=O)O. The summed E-state index contributed by atoms with van der Waals surface area (Å²) in [5.74, 6) is -1.32. The van der Waals surface area contributed by atoms with Crippen LogP contribution in [0.5, 0.6) is 0 Å². The number of unbranched alkanes of at least 4 members (excludes halogenated alkanes) is 24. The lowest BCUT2D eigenvalue weighted by Crippen LogP contribution is -1.93. The second kappa shape index (κ2) is 66.8. The Balaban J connectivity index is 0. The number of carboxylic acid groups (broad SMARTS) is 2. The van der Waals surface area contributed by atoms with Crippen molar-refractivity contribution in [2.75, 3.05) is 0 Å². The van der Waals surface area contributed by atoms with E-state index >= 15 is 0 Å². The van der Waals surface area contributed by atoms with Crippen molar-refractivity contribution in [1.29, 1.82) is 0 Å². The molecule has 0 saturated carbocycles. The van der Waals surface area contributed by atoms with Crippen molar-refractivity contribution in [3.05, 3.63) is 146 Å². The molecule has 0 aromatic carbocycles. The summed E-state index contributed by atoms with van der Waals surface area (Å²) in [5, 5.41) is 17.2. The first kappa shape index (κ1) is 69.9. The maximum absolute atomic E-state index is 10.5. The van der Waals surface area contributed by atoms with E-state index in [0.717, 1.165) is 103 Å². The van der Waals surface area contributed by atoms with Crippen molar-refractivity contribution >= 4 is 11.9 Å². The predicted molar refractivity (Wildman–Crippen MR) is 321 cm³/mol. The van der Waals surface area contributed by atoms with Crippen LogP contribution in [0.1, 0.15) is 271 Å². The summed E-state index contributed by atoms with van der Waals surface area (Å²) in [5.41, 5.74) is 0. The molecule has 0 radical (unpaired) electrons. The zero-order valence-corrected chi connectivity index (χ0v) is 46.9. The molecule has 0 aliphatic rings. The van der Waals surface area contributed by atoms with Gasteiger partial charge in [-0.3, -0.25) is 9.59 Å². The van der Waals surface area contributed by atoms with Gasteiger partial charge in [0.15, 0.2) is 0 Å². The fourth-order valence-corrected chi connectivity index (χ4v) is 7.89. The molecule has 0 aliphatic heterocycles. The highest BCUT2D eigenvalue weighted by molar-refractivity contribution is 5.66. The van der Waals surface area contributed by atoms with Crippen LogP contribution in [0.25, 0.3) is 0 Å². The Kier molecular flexibility index (Phi) is 64.9. The Morgan fingerprint density at radius 2 is 0.375 bits per heavy atom. The summed E-state index contributed by atoms with van der Waals surface area (Å²) in [7, 11) is 0. The van der Waals surface area contributed by atoms with Gasteiger partial charge < -0.3 is 10.2 Å².